The molecule has 0 aromatic heterocycles. The summed E-state index contributed by atoms with van der Waals surface area (Å²) in [5.41, 5.74) is -1.31. The van der Waals surface area contributed by atoms with E-state index >= 15 is 0 Å². The third kappa shape index (κ3) is 3.40. The van der Waals surface area contributed by atoms with Gasteiger partial charge in [0.15, 0.2) is 18.1 Å². The van der Waals surface area contributed by atoms with Crippen LogP contribution in [0.25, 0.3) is 0 Å². The molecule has 6 heteroatoms. The van der Waals surface area contributed by atoms with E-state index in [0.29, 0.717) is 0 Å². The number of hydrogen-bond donors (Lipinski definition) is 2. The molecular formula is C14H19NO5. The Morgan fingerprint density at radius 3 is 2.40 bits per heavy atom. The van der Waals surface area contributed by atoms with Gasteiger partial charge in [0.25, 0.3) is 5.91 Å². The second-order valence-electron chi connectivity index (χ2n) is 4.76. The van der Waals surface area contributed by atoms with Gasteiger partial charge in [-0.1, -0.05) is 12.1 Å². The fourth-order valence-electron chi connectivity index (χ4n) is 1.80. The number of amides is 1. The van der Waals surface area contributed by atoms with Gasteiger partial charge >= 0.3 is 5.97 Å². The van der Waals surface area contributed by atoms with Crippen LogP contribution in [-0.2, 0) is 9.59 Å². The molecule has 1 aromatic rings. The number of nitrogens with zero attached hydrogens (tertiary/aromatic N) is 1. The molecule has 6 nitrogen and oxygen atoms in total. The molecule has 1 amide bonds. The zero-order valence-electron chi connectivity index (χ0n) is 11.8. The quantitative estimate of drug-likeness (QED) is 0.824. The highest BCUT2D eigenvalue weighted by molar-refractivity contribution is 5.87. The Balaban J connectivity index is 2.75. The second-order valence-corrected chi connectivity index (χ2v) is 4.76. The molecule has 2 N–H and O–H groups in total. The lowest BCUT2D eigenvalue weighted by atomic mass is 10.0. The second kappa shape index (κ2) is 6.27. The van der Waals surface area contributed by atoms with Crippen molar-refractivity contribution in [2.45, 2.75) is 26.3 Å². The SMILES string of the molecule is CCN(C(=O)COc1ccccc1O)C(C)(C)C(=O)O. The number of ether oxygens (including phenoxy) is 1. The fraction of sp³-hybridized carbons (Fsp3) is 0.429. The zero-order chi connectivity index (χ0) is 15.3. The number of benzene rings is 1. The van der Waals surface area contributed by atoms with E-state index in [2.05, 4.69) is 0 Å². The molecule has 0 spiro atoms. The summed E-state index contributed by atoms with van der Waals surface area (Å²) in [6, 6.07) is 6.27. The lowest BCUT2D eigenvalue weighted by molar-refractivity contribution is -0.157. The van der Waals surface area contributed by atoms with Crippen LogP contribution in [0.1, 0.15) is 20.8 Å². The van der Waals surface area contributed by atoms with Crippen LogP contribution in [0.15, 0.2) is 24.3 Å². The normalized spacial score (nSPS) is 10.9. The van der Waals surface area contributed by atoms with Gasteiger partial charge in [-0.05, 0) is 32.9 Å². The summed E-state index contributed by atoms with van der Waals surface area (Å²) in [6.45, 7) is 4.53. The number of carboxylic acid groups (broad SMARTS) is 1. The van der Waals surface area contributed by atoms with Crippen molar-refractivity contribution in [3.63, 3.8) is 0 Å². The average Bonchev–Trinajstić information content (AvgIpc) is 2.38. The first kappa shape index (κ1) is 15.8. The summed E-state index contributed by atoms with van der Waals surface area (Å²) in [7, 11) is 0. The maximum absolute atomic E-state index is 12.1. The highest BCUT2D eigenvalue weighted by Crippen LogP contribution is 2.24. The van der Waals surface area contributed by atoms with Crippen LogP contribution in [0.2, 0.25) is 0 Å². The van der Waals surface area contributed by atoms with Crippen molar-refractivity contribution in [2.24, 2.45) is 0 Å². The van der Waals surface area contributed by atoms with Crippen LogP contribution >= 0.6 is 0 Å². The molecule has 0 unspecified atom stereocenters. The zero-order valence-corrected chi connectivity index (χ0v) is 11.8. The largest absolute Gasteiger partial charge is 0.504 e. The van der Waals surface area contributed by atoms with Gasteiger partial charge in [0, 0.05) is 6.54 Å². The van der Waals surface area contributed by atoms with Crippen LogP contribution in [0, 0.1) is 0 Å². The predicted molar refractivity (Wildman–Crippen MR) is 72.7 cm³/mol. The number of aromatic hydroxyl groups is 1. The number of carbonyl (C=O) groups excluding carboxylic acids is 1. The molecule has 0 fully saturated rings. The van der Waals surface area contributed by atoms with Crippen LogP contribution in [-0.4, -0.2) is 45.7 Å². The predicted octanol–water partition coefficient (Wildman–Crippen LogP) is 1.48. The summed E-state index contributed by atoms with van der Waals surface area (Å²) < 4.78 is 5.22. The maximum atomic E-state index is 12.1. The topological polar surface area (TPSA) is 87.1 Å². The molecule has 0 saturated heterocycles. The first-order valence-electron chi connectivity index (χ1n) is 6.25. The summed E-state index contributed by atoms with van der Waals surface area (Å²) in [5.74, 6) is -1.43. The summed E-state index contributed by atoms with van der Waals surface area (Å²) in [4.78, 5) is 24.5. The number of para-hydroxylation sites is 2. The number of carbonyl (C=O) groups is 2. The molecule has 0 saturated carbocycles. The van der Waals surface area contributed by atoms with Crippen LogP contribution in [0.5, 0.6) is 11.5 Å². The van der Waals surface area contributed by atoms with E-state index < -0.39 is 17.4 Å². The molecule has 0 bridgehead atoms. The Hall–Kier alpha value is -2.24. The number of hydrogen-bond acceptors (Lipinski definition) is 4. The molecule has 0 aliphatic heterocycles. The van der Waals surface area contributed by atoms with E-state index in [0.717, 1.165) is 0 Å². The summed E-state index contributed by atoms with van der Waals surface area (Å²) >= 11 is 0. The lowest BCUT2D eigenvalue weighted by Crippen LogP contribution is -2.54. The van der Waals surface area contributed by atoms with Crippen molar-refractivity contribution in [3.05, 3.63) is 24.3 Å². The van der Waals surface area contributed by atoms with Crippen molar-refractivity contribution in [1.82, 2.24) is 4.90 Å². The third-order valence-electron chi connectivity index (χ3n) is 3.03. The average molecular weight is 281 g/mol. The Kier molecular flexibility index (Phi) is 4.96. The van der Waals surface area contributed by atoms with E-state index in [1.807, 2.05) is 0 Å². The summed E-state index contributed by atoms with van der Waals surface area (Å²) in [5, 5.41) is 18.7. The highest BCUT2D eigenvalue weighted by atomic mass is 16.5. The van der Waals surface area contributed by atoms with E-state index in [1.54, 1.807) is 19.1 Å². The van der Waals surface area contributed by atoms with Gasteiger partial charge in [0.2, 0.25) is 0 Å². The first-order valence-corrected chi connectivity index (χ1v) is 6.25. The number of carboxylic acids is 1. The van der Waals surface area contributed by atoms with Gasteiger partial charge in [0.05, 0.1) is 0 Å². The van der Waals surface area contributed by atoms with E-state index in [1.165, 1.54) is 30.9 Å². The molecule has 0 heterocycles. The van der Waals surface area contributed by atoms with Gasteiger partial charge in [-0.25, -0.2) is 4.79 Å². The fourth-order valence-corrected chi connectivity index (χ4v) is 1.80. The lowest BCUT2D eigenvalue weighted by Gasteiger charge is -2.34. The van der Waals surface area contributed by atoms with Crippen molar-refractivity contribution >= 4 is 11.9 Å². The Morgan fingerprint density at radius 1 is 1.30 bits per heavy atom. The monoisotopic (exact) mass is 281 g/mol. The van der Waals surface area contributed by atoms with Crippen LogP contribution in [0.3, 0.4) is 0 Å². The van der Waals surface area contributed by atoms with Crippen molar-refractivity contribution in [2.75, 3.05) is 13.2 Å². The molecule has 0 atom stereocenters. The highest BCUT2D eigenvalue weighted by Gasteiger charge is 2.36. The Morgan fingerprint density at radius 2 is 1.90 bits per heavy atom. The van der Waals surface area contributed by atoms with Gasteiger partial charge in [0.1, 0.15) is 5.54 Å². The molecule has 1 aromatic carbocycles. The van der Waals surface area contributed by atoms with Gasteiger partial charge in [-0.15, -0.1) is 0 Å². The summed E-state index contributed by atoms with van der Waals surface area (Å²) in [6.07, 6.45) is 0. The minimum absolute atomic E-state index is 0.0687. The van der Waals surface area contributed by atoms with E-state index in [4.69, 9.17) is 9.84 Å². The number of rotatable bonds is 6. The van der Waals surface area contributed by atoms with Gasteiger partial charge < -0.3 is 19.8 Å². The first-order chi connectivity index (χ1) is 9.30. The molecule has 0 aliphatic carbocycles. The molecule has 110 valence electrons. The Labute approximate surface area is 117 Å². The third-order valence-corrected chi connectivity index (χ3v) is 3.03. The van der Waals surface area contributed by atoms with Crippen LogP contribution < -0.4 is 4.74 Å². The number of phenols is 1. The maximum Gasteiger partial charge on any atom is 0.329 e. The van der Waals surface area contributed by atoms with Crippen molar-refractivity contribution in [1.29, 1.82) is 0 Å². The number of phenolic OH excluding ortho intramolecular Hbond substituents is 1. The molecule has 1 rings (SSSR count). The number of likely N-dealkylation sites (N-methyl/N-ethyl adjacent to an activating group) is 1. The molecule has 20 heavy (non-hydrogen) atoms. The van der Waals surface area contributed by atoms with Gasteiger partial charge in [-0.2, -0.15) is 0 Å². The minimum Gasteiger partial charge on any atom is -0.504 e. The number of aliphatic carboxylic acids is 1. The van der Waals surface area contributed by atoms with E-state index in [-0.39, 0.29) is 24.7 Å². The Bertz CT molecular complexity index is 498. The van der Waals surface area contributed by atoms with Crippen LogP contribution in [0.4, 0.5) is 0 Å². The molecular weight excluding hydrogens is 262 g/mol. The van der Waals surface area contributed by atoms with Crippen molar-refractivity contribution in [3.8, 4) is 11.5 Å². The van der Waals surface area contributed by atoms with E-state index in [9.17, 15) is 14.7 Å². The molecule has 0 radical (unpaired) electrons. The standard InChI is InChI=1S/C14H19NO5/c1-4-15(14(2,3)13(18)19)12(17)9-20-11-8-6-5-7-10(11)16/h5-8,16H,4,9H2,1-3H3,(H,18,19). The van der Waals surface area contributed by atoms with Gasteiger partial charge in [-0.3, -0.25) is 4.79 Å². The smallest absolute Gasteiger partial charge is 0.329 e. The molecule has 0 aliphatic rings. The minimum atomic E-state index is -1.31. The van der Waals surface area contributed by atoms with Crippen molar-refractivity contribution < 1.29 is 24.5 Å².